The van der Waals surface area contributed by atoms with Gasteiger partial charge in [0.05, 0.1) is 13.2 Å². The van der Waals surface area contributed by atoms with Crippen molar-refractivity contribution in [1.82, 2.24) is 4.57 Å². The van der Waals surface area contributed by atoms with Crippen molar-refractivity contribution in [2.75, 3.05) is 6.61 Å². The first kappa shape index (κ1) is 16.7. The summed E-state index contributed by atoms with van der Waals surface area (Å²) in [4.78, 5) is 24.7. The molecule has 4 heteroatoms. The first-order valence-electron chi connectivity index (χ1n) is 8.20. The van der Waals surface area contributed by atoms with Crippen molar-refractivity contribution in [3.8, 4) is 16.9 Å². The zero-order chi connectivity index (χ0) is 17.6. The lowest BCUT2D eigenvalue weighted by Gasteiger charge is -2.08. The Kier molecular flexibility index (Phi) is 5.09. The predicted octanol–water partition coefficient (Wildman–Crippen LogP) is 3.80. The number of benzene rings is 2. The van der Waals surface area contributed by atoms with Gasteiger partial charge in [0.1, 0.15) is 0 Å². The zero-order valence-electron chi connectivity index (χ0n) is 14.0. The van der Waals surface area contributed by atoms with Crippen molar-refractivity contribution in [3.63, 3.8) is 0 Å². The number of carbonyl (C=O) groups excluding carboxylic acids is 1. The van der Waals surface area contributed by atoms with Crippen LogP contribution in [0.2, 0.25) is 0 Å². The van der Waals surface area contributed by atoms with E-state index in [9.17, 15) is 9.59 Å². The van der Waals surface area contributed by atoms with E-state index in [2.05, 4.69) is 0 Å². The maximum atomic E-state index is 12.5. The van der Waals surface area contributed by atoms with Crippen LogP contribution in [-0.2, 0) is 6.54 Å². The van der Waals surface area contributed by atoms with Crippen LogP contribution in [0.5, 0.6) is 5.75 Å². The van der Waals surface area contributed by atoms with Crippen molar-refractivity contribution in [2.45, 2.75) is 13.5 Å². The summed E-state index contributed by atoms with van der Waals surface area (Å²) in [7, 11) is 0. The van der Waals surface area contributed by atoms with E-state index < -0.39 is 0 Å². The topological polar surface area (TPSA) is 48.3 Å². The number of ether oxygens (including phenoxy) is 1. The first-order chi connectivity index (χ1) is 12.2. The second kappa shape index (κ2) is 7.62. The second-order valence-corrected chi connectivity index (χ2v) is 5.61. The molecule has 0 N–H and O–H groups in total. The van der Waals surface area contributed by atoms with Gasteiger partial charge in [-0.2, -0.15) is 0 Å². The number of pyridine rings is 1. The SMILES string of the molecule is CCOc1cccn(CC(=O)c2ccc(-c3ccccc3)cc2)c1=O. The molecule has 0 amide bonds. The van der Waals surface area contributed by atoms with E-state index in [1.165, 1.54) is 4.57 Å². The standard InChI is InChI=1S/C21H19NO3/c1-2-25-20-9-6-14-22(21(20)24)15-19(23)18-12-10-17(11-13-18)16-7-4-3-5-8-16/h3-14H,2,15H2,1H3. The Labute approximate surface area is 146 Å². The van der Waals surface area contributed by atoms with Crippen molar-refractivity contribution in [1.29, 1.82) is 0 Å². The Morgan fingerprint density at radius 3 is 2.28 bits per heavy atom. The van der Waals surface area contributed by atoms with Gasteiger partial charge in [0, 0.05) is 11.8 Å². The predicted molar refractivity (Wildman–Crippen MR) is 98.1 cm³/mol. The third-order valence-corrected chi connectivity index (χ3v) is 3.91. The minimum Gasteiger partial charge on any atom is -0.488 e. The molecule has 0 aliphatic carbocycles. The lowest BCUT2D eigenvalue weighted by molar-refractivity contribution is 0.0970. The summed E-state index contributed by atoms with van der Waals surface area (Å²) in [5.74, 6) is 0.146. The van der Waals surface area contributed by atoms with Gasteiger partial charge in [-0.05, 0) is 30.2 Å². The van der Waals surface area contributed by atoms with Gasteiger partial charge in [0.2, 0.25) is 0 Å². The van der Waals surface area contributed by atoms with E-state index in [-0.39, 0.29) is 23.6 Å². The number of Topliss-reactive ketones (excluding diaryl/α,β-unsaturated/α-hetero) is 1. The molecule has 4 nitrogen and oxygen atoms in total. The van der Waals surface area contributed by atoms with Crippen LogP contribution in [0.4, 0.5) is 0 Å². The number of carbonyl (C=O) groups is 1. The Morgan fingerprint density at radius 2 is 1.60 bits per heavy atom. The Hall–Kier alpha value is -3.14. The van der Waals surface area contributed by atoms with Gasteiger partial charge in [-0.25, -0.2) is 0 Å². The number of aromatic nitrogens is 1. The van der Waals surface area contributed by atoms with E-state index in [0.29, 0.717) is 12.2 Å². The van der Waals surface area contributed by atoms with Crippen molar-refractivity contribution in [3.05, 3.63) is 88.8 Å². The molecule has 0 aliphatic rings. The van der Waals surface area contributed by atoms with Gasteiger partial charge in [-0.15, -0.1) is 0 Å². The molecule has 25 heavy (non-hydrogen) atoms. The smallest absolute Gasteiger partial charge is 0.293 e. The van der Waals surface area contributed by atoms with Gasteiger partial charge < -0.3 is 9.30 Å². The fourth-order valence-corrected chi connectivity index (χ4v) is 2.63. The molecular formula is C21H19NO3. The summed E-state index contributed by atoms with van der Waals surface area (Å²) in [6.45, 7) is 2.22. The molecule has 2 aromatic carbocycles. The maximum absolute atomic E-state index is 12.5. The molecule has 0 saturated carbocycles. The van der Waals surface area contributed by atoms with Gasteiger partial charge in [-0.1, -0.05) is 54.6 Å². The molecule has 0 bridgehead atoms. The van der Waals surface area contributed by atoms with E-state index >= 15 is 0 Å². The normalized spacial score (nSPS) is 10.4. The van der Waals surface area contributed by atoms with Gasteiger partial charge in [0.15, 0.2) is 11.5 Å². The molecule has 1 aromatic heterocycles. The molecule has 0 atom stereocenters. The quantitative estimate of drug-likeness (QED) is 0.645. The van der Waals surface area contributed by atoms with Crippen LogP contribution >= 0.6 is 0 Å². The minimum atomic E-state index is -0.293. The third kappa shape index (κ3) is 3.86. The van der Waals surface area contributed by atoms with Crippen LogP contribution in [0.15, 0.2) is 77.7 Å². The molecule has 3 rings (SSSR count). The average molecular weight is 333 g/mol. The second-order valence-electron chi connectivity index (χ2n) is 5.61. The number of nitrogens with zero attached hydrogens (tertiary/aromatic N) is 1. The fraction of sp³-hybridized carbons (Fsp3) is 0.143. The molecule has 126 valence electrons. The van der Waals surface area contributed by atoms with Crippen LogP contribution in [0.1, 0.15) is 17.3 Å². The highest BCUT2D eigenvalue weighted by atomic mass is 16.5. The lowest BCUT2D eigenvalue weighted by Crippen LogP contribution is -2.25. The minimum absolute atomic E-state index is 0.00949. The van der Waals surface area contributed by atoms with E-state index in [1.807, 2.05) is 49.4 Å². The number of hydrogen-bond donors (Lipinski definition) is 0. The first-order valence-corrected chi connectivity index (χ1v) is 8.20. The van der Waals surface area contributed by atoms with E-state index in [0.717, 1.165) is 11.1 Å². The maximum Gasteiger partial charge on any atom is 0.293 e. The molecular weight excluding hydrogens is 314 g/mol. The summed E-state index contributed by atoms with van der Waals surface area (Å²) in [5, 5.41) is 0. The molecule has 0 radical (unpaired) electrons. The van der Waals surface area contributed by atoms with Crippen LogP contribution in [0, 0.1) is 0 Å². The molecule has 3 aromatic rings. The van der Waals surface area contributed by atoms with Crippen molar-refractivity contribution < 1.29 is 9.53 Å². The fourth-order valence-electron chi connectivity index (χ4n) is 2.63. The summed E-state index contributed by atoms with van der Waals surface area (Å²) in [6, 6.07) is 20.7. The van der Waals surface area contributed by atoms with Crippen LogP contribution in [0.3, 0.4) is 0 Å². The third-order valence-electron chi connectivity index (χ3n) is 3.91. The van der Waals surface area contributed by atoms with Crippen LogP contribution < -0.4 is 10.3 Å². The molecule has 0 unspecified atom stereocenters. The van der Waals surface area contributed by atoms with Crippen LogP contribution in [0.25, 0.3) is 11.1 Å². The van der Waals surface area contributed by atoms with Crippen molar-refractivity contribution in [2.24, 2.45) is 0 Å². The Balaban J connectivity index is 1.78. The molecule has 1 heterocycles. The number of ketones is 1. The highest BCUT2D eigenvalue weighted by Crippen LogP contribution is 2.19. The summed E-state index contributed by atoms with van der Waals surface area (Å²) >= 11 is 0. The number of hydrogen-bond acceptors (Lipinski definition) is 3. The van der Waals surface area contributed by atoms with E-state index in [1.54, 1.807) is 30.5 Å². The largest absolute Gasteiger partial charge is 0.488 e. The Bertz CT molecular complexity index is 912. The molecule has 0 saturated heterocycles. The summed E-state index contributed by atoms with van der Waals surface area (Å²) in [6.07, 6.45) is 1.60. The highest BCUT2D eigenvalue weighted by Gasteiger charge is 2.10. The molecule has 0 spiro atoms. The zero-order valence-corrected chi connectivity index (χ0v) is 14.0. The highest BCUT2D eigenvalue weighted by molar-refractivity contribution is 5.96. The molecule has 0 aliphatic heterocycles. The van der Waals surface area contributed by atoms with Gasteiger partial charge in [0.25, 0.3) is 5.56 Å². The van der Waals surface area contributed by atoms with Crippen LogP contribution in [-0.4, -0.2) is 17.0 Å². The molecule has 0 fully saturated rings. The average Bonchev–Trinajstić information content (AvgIpc) is 2.66. The van der Waals surface area contributed by atoms with Gasteiger partial charge in [-0.3, -0.25) is 9.59 Å². The Morgan fingerprint density at radius 1 is 0.920 bits per heavy atom. The summed E-state index contributed by atoms with van der Waals surface area (Å²) < 4.78 is 6.66. The number of rotatable bonds is 6. The van der Waals surface area contributed by atoms with Crippen molar-refractivity contribution >= 4 is 5.78 Å². The monoisotopic (exact) mass is 333 g/mol. The lowest BCUT2D eigenvalue weighted by atomic mass is 10.0. The summed E-state index contributed by atoms with van der Waals surface area (Å²) in [5.41, 5.74) is 2.43. The van der Waals surface area contributed by atoms with E-state index in [4.69, 9.17) is 4.74 Å². The van der Waals surface area contributed by atoms with Gasteiger partial charge >= 0.3 is 0 Å².